The average molecular weight is 657 g/mol. The van der Waals surface area contributed by atoms with Crippen molar-refractivity contribution in [1.29, 1.82) is 0 Å². The fourth-order valence-corrected chi connectivity index (χ4v) is 7.42. The number of nitrogens with two attached hydrogens (primary N) is 1. The van der Waals surface area contributed by atoms with Crippen LogP contribution in [0.5, 0.6) is 0 Å². The lowest BCUT2D eigenvalue weighted by Crippen LogP contribution is -2.96. The van der Waals surface area contributed by atoms with Crippen LogP contribution in [0.25, 0.3) is 22.2 Å². The van der Waals surface area contributed by atoms with Crippen LogP contribution < -0.4 is 15.5 Å². The first kappa shape index (κ1) is 32.7. The molecule has 3 N–H and O–H groups in total. The summed E-state index contributed by atoms with van der Waals surface area (Å²) in [5, 5.41) is 6.03. The second-order valence-electron chi connectivity index (χ2n) is 12.1. The van der Waals surface area contributed by atoms with E-state index in [9.17, 15) is 22.4 Å². The highest BCUT2D eigenvalue weighted by Gasteiger charge is 2.33. The third kappa shape index (κ3) is 6.96. The second-order valence-corrected chi connectivity index (χ2v) is 15.4. The van der Waals surface area contributed by atoms with Gasteiger partial charge in [-0.3, -0.25) is 15.4 Å². The molecule has 240 valence electrons. The number of carbonyl (C=O) groups excluding carboxylic acids is 2. The number of hydrogen-bond acceptors (Lipinski definition) is 8. The minimum Gasteiger partial charge on any atom is -0.372 e. The molecule has 1 aliphatic rings. The Morgan fingerprint density at radius 1 is 1.09 bits per heavy atom. The van der Waals surface area contributed by atoms with Crippen molar-refractivity contribution >= 4 is 54.9 Å². The first-order chi connectivity index (χ1) is 21.2. The van der Waals surface area contributed by atoms with E-state index in [1.807, 2.05) is 33.8 Å². The molecule has 1 aliphatic heterocycles. The van der Waals surface area contributed by atoms with E-state index >= 15 is 0 Å². The number of hydrogen-bond donors (Lipinski definition) is 2. The summed E-state index contributed by atoms with van der Waals surface area (Å²) in [5.41, 5.74) is 2.45. The molecule has 45 heavy (non-hydrogen) atoms. The number of nitrogens with one attached hydrogen (secondary N) is 1. The molecule has 0 saturated carbocycles. The molecule has 5 rings (SSSR count). The Morgan fingerprint density at radius 3 is 2.44 bits per heavy atom. The van der Waals surface area contributed by atoms with E-state index in [1.54, 1.807) is 43.5 Å². The SMILES string of the molecule is CC(C)C([NH2+]C(=O)c1cn(S(=O)(=O)C(C)C)c2ccccc12)C(=O)Nc1nc(-c2cc(F)cc(N3C[C@@H](C)O[C@@H](C)C3)c2)cs1. The first-order valence-corrected chi connectivity index (χ1v) is 17.3. The van der Waals surface area contributed by atoms with Crippen molar-refractivity contribution in [3.63, 3.8) is 0 Å². The number of fused-ring (bicyclic) bond motifs is 1. The van der Waals surface area contributed by atoms with Crippen LogP contribution in [0.2, 0.25) is 0 Å². The first-order valence-electron chi connectivity index (χ1n) is 15.0. The molecule has 0 radical (unpaired) electrons. The number of primary amides is 1. The van der Waals surface area contributed by atoms with Crippen molar-refractivity contribution in [3.8, 4) is 11.3 Å². The highest BCUT2D eigenvalue weighted by atomic mass is 32.2. The van der Waals surface area contributed by atoms with Crippen LogP contribution in [0.4, 0.5) is 15.2 Å². The fraction of sp³-hybridized carbons (Fsp3) is 0.406. The van der Waals surface area contributed by atoms with E-state index in [1.165, 1.54) is 35.0 Å². The largest absolute Gasteiger partial charge is 0.372 e. The minimum atomic E-state index is -3.72. The summed E-state index contributed by atoms with van der Waals surface area (Å²) in [5.74, 6) is -1.50. The molecule has 3 atom stereocenters. The maximum Gasteiger partial charge on any atom is 0.345 e. The summed E-state index contributed by atoms with van der Waals surface area (Å²) >= 11 is 1.21. The van der Waals surface area contributed by atoms with E-state index in [2.05, 4.69) is 15.2 Å². The Balaban J connectivity index is 1.34. The van der Waals surface area contributed by atoms with Gasteiger partial charge >= 0.3 is 5.91 Å². The van der Waals surface area contributed by atoms with Gasteiger partial charge in [0, 0.05) is 47.2 Å². The van der Waals surface area contributed by atoms with Gasteiger partial charge in [0.1, 0.15) is 11.4 Å². The Bertz CT molecular complexity index is 1820. The Kier molecular flexibility index (Phi) is 9.45. The van der Waals surface area contributed by atoms with Crippen LogP contribution in [-0.4, -0.2) is 65.8 Å². The lowest BCUT2D eigenvalue weighted by atomic mass is 10.0. The molecular weight excluding hydrogens is 618 g/mol. The van der Waals surface area contributed by atoms with E-state index in [0.29, 0.717) is 40.4 Å². The molecule has 2 aromatic heterocycles. The van der Waals surface area contributed by atoms with Crippen molar-refractivity contribution in [2.24, 2.45) is 5.92 Å². The minimum absolute atomic E-state index is 0.0193. The maximum atomic E-state index is 14.7. The quantitative estimate of drug-likeness (QED) is 0.272. The summed E-state index contributed by atoms with van der Waals surface area (Å²) in [6.07, 6.45) is 1.38. The highest BCUT2D eigenvalue weighted by Crippen LogP contribution is 2.31. The van der Waals surface area contributed by atoms with Crippen molar-refractivity contribution in [1.82, 2.24) is 8.96 Å². The maximum absolute atomic E-state index is 14.7. The van der Waals surface area contributed by atoms with Crippen LogP contribution in [-0.2, 0) is 19.6 Å². The molecule has 2 amide bonds. The number of morpholine rings is 1. The van der Waals surface area contributed by atoms with E-state index in [-0.39, 0.29) is 29.5 Å². The number of benzene rings is 2. The molecule has 1 fully saturated rings. The molecule has 10 nitrogen and oxygen atoms in total. The molecule has 0 aliphatic carbocycles. The number of halogens is 1. The number of thiazole rings is 1. The number of rotatable bonds is 9. The zero-order valence-corrected chi connectivity index (χ0v) is 27.8. The molecule has 1 unspecified atom stereocenters. The lowest BCUT2D eigenvalue weighted by molar-refractivity contribution is -0.586. The Hall–Kier alpha value is -3.65. The lowest BCUT2D eigenvalue weighted by Gasteiger charge is -2.37. The van der Waals surface area contributed by atoms with Gasteiger partial charge in [-0.15, -0.1) is 11.3 Å². The topological polar surface area (TPSA) is 127 Å². The van der Waals surface area contributed by atoms with Gasteiger partial charge in [-0.25, -0.2) is 26.6 Å². The Morgan fingerprint density at radius 2 is 1.78 bits per heavy atom. The fourth-order valence-electron chi connectivity index (χ4n) is 5.55. The van der Waals surface area contributed by atoms with Crippen molar-refractivity contribution < 1.29 is 32.5 Å². The standard InChI is InChI=1S/C32H38FN5O5S2/c1-18(2)29(35-30(39)26-16-38(45(41,42)19(3)4)28-10-8-7-9-25(26)28)31(40)36-32-34-27(17-44-32)22-11-23(33)13-24(12-22)37-14-20(5)43-21(6)15-37/h7-13,16-21,29H,14-15H2,1-6H3,(H,35,39)(H,34,36,40)/p+1/t20-,21+,29?. The molecule has 0 bridgehead atoms. The third-order valence-corrected chi connectivity index (χ3v) is 10.7. The third-order valence-electron chi connectivity index (χ3n) is 7.86. The number of quaternary nitrogens is 1. The number of ether oxygens (including phenoxy) is 1. The number of nitrogens with zero attached hydrogens (tertiary/aromatic N) is 3. The highest BCUT2D eigenvalue weighted by molar-refractivity contribution is 7.90. The zero-order valence-electron chi connectivity index (χ0n) is 26.2. The van der Waals surface area contributed by atoms with Gasteiger partial charge in [0.05, 0.1) is 28.7 Å². The molecule has 4 aromatic rings. The Labute approximate surface area is 266 Å². The predicted octanol–water partition coefficient (Wildman–Crippen LogP) is 4.47. The van der Waals surface area contributed by atoms with Crippen LogP contribution in [0.15, 0.2) is 54.0 Å². The zero-order chi connectivity index (χ0) is 32.6. The summed E-state index contributed by atoms with van der Waals surface area (Å²) in [6, 6.07) is 10.8. The number of amides is 2. The number of para-hydroxylation sites is 1. The van der Waals surface area contributed by atoms with Gasteiger partial charge in [-0.05, 0) is 52.0 Å². The second kappa shape index (κ2) is 13.0. The molecular formula is C32H39FN5O5S2+. The van der Waals surface area contributed by atoms with E-state index in [0.717, 1.165) is 9.66 Å². The number of anilines is 2. The van der Waals surface area contributed by atoms with Gasteiger partial charge in [-0.2, -0.15) is 0 Å². The smallest absolute Gasteiger partial charge is 0.345 e. The molecule has 3 heterocycles. The van der Waals surface area contributed by atoms with Crippen molar-refractivity contribution in [2.75, 3.05) is 23.3 Å². The van der Waals surface area contributed by atoms with Crippen LogP contribution >= 0.6 is 11.3 Å². The summed E-state index contributed by atoms with van der Waals surface area (Å²) < 4.78 is 47.7. The van der Waals surface area contributed by atoms with Gasteiger partial charge in [-0.1, -0.05) is 32.0 Å². The van der Waals surface area contributed by atoms with Gasteiger partial charge in [0.2, 0.25) is 10.0 Å². The summed E-state index contributed by atoms with van der Waals surface area (Å²) in [4.78, 5) is 33.7. The van der Waals surface area contributed by atoms with Gasteiger partial charge in [0.15, 0.2) is 11.2 Å². The number of carbonyl (C=O) groups is 2. The van der Waals surface area contributed by atoms with Gasteiger partial charge in [0.25, 0.3) is 5.91 Å². The molecule has 0 spiro atoms. The monoisotopic (exact) mass is 656 g/mol. The van der Waals surface area contributed by atoms with E-state index in [4.69, 9.17) is 4.74 Å². The molecule has 13 heteroatoms. The van der Waals surface area contributed by atoms with Crippen LogP contribution in [0.1, 0.15) is 51.9 Å². The van der Waals surface area contributed by atoms with E-state index < -0.39 is 33.1 Å². The molecule has 1 saturated heterocycles. The number of aromatic nitrogens is 2. The summed E-state index contributed by atoms with van der Waals surface area (Å²) in [7, 11) is -3.72. The van der Waals surface area contributed by atoms with Crippen molar-refractivity contribution in [3.05, 3.63) is 65.4 Å². The van der Waals surface area contributed by atoms with Crippen LogP contribution in [0.3, 0.4) is 0 Å². The van der Waals surface area contributed by atoms with Crippen molar-refractivity contribution in [2.45, 2.75) is 65.0 Å². The summed E-state index contributed by atoms with van der Waals surface area (Å²) in [6.45, 7) is 12.1. The normalized spacial score (nSPS) is 18.1. The van der Waals surface area contributed by atoms with Gasteiger partial charge < -0.3 is 9.64 Å². The molecule has 2 aromatic carbocycles. The average Bonchev–Trinajstić information content (AvgIpc) is 3.60. The predicted molar refractivity (Wildman–Crippen MR) is 175 cm³/mol. The van der Waals surface area contributed by atoms with Crippen LogP contribution in [0, 0.1) is 11.7 Å².